The van der Waals surface area contributed by atoms with Crippen molar-refractivity contribution in [2.75, 3.05) is 31.5 Å². The van der Waals surface area contributed by atoms with Gasteiger partial charge >= 0.3 is 6.03 Å². The van der Waals surface area contributed by atoms with E-state index < -0.39 is 0 Å². The number of carbonyl (C=O) groups is 1. The maximum Gasteiger partial charge on any atom is 0.321 e. The standard InChI is InChI=1S/C25H25FN6O/c1-18-4-2-5-20(16-18)28-25(33)31-14-12-30(13-15-31)17-23-29-22-6-3-11-27-24(22)32(23)21-9-7-19(26)8-10-21/h2-11,16H,12-15,17H2,1H3,(H,28,33). The Labute approximate surface area is 191 Å². The minimum atomic E-state index is -0.280. The molecule has 0 aliphatic carbocycles. The lowest BCUT2D eigenvalue weighted by Gasteiger charge is -2.34. The van der Waals surface area contributed by atoms with Crippen molar-refractivity contribution in [3.8, 4) is 5.69 Å². The SMILES string of the molecule is Cc1cccc(NC(=O)N2CCN(Cc3nc4cccnc4n3-c3ccc(F)cc3)CC2)c1. The molecule has 0 spiro atoms. The third kappa shape index (κ3) is 4.56. The van der Waals surface area contributed by atoms with Crippen molar-refractivity contribution in [3.05, 3.63) is 84.1 Å². The number of aryl methyl sites for hydroxylation is 1. The van der Waals surface area contributed by atoms with Crippen LogP contribution in [0.3, 0.4) is 0 Å². The van der Waals surface area contributed by atoms with Gasteiger partial charge in [-0.1, -0.05) is 12.1 Å². The van der Waals surface area contributed by atoms with Crippen LogP contribution in [0.25, 0.3) is 16.9 Å². The Morgan fingerprint density at radius 1 is 1.03 bits per heavy atom. The first-order chi connectivity index (χ1) is 16.1. The summed E-state index contributed by atoms with van der Waals surface area (Å²) in [5.74, 6) is 0.561. The molecule has 0 bridgehead atoms. The van der Waals surface area contributed by atoms with E-state index in [0.717, 1.165) is 47.0 Å². The largest absolute Gasteiger partial charge is 0.322 e. The van der Waals surface area contributed by atoms with Crippen LogP contribution in [-0.2, 0) is 6.54 Å². The first kappa shape index (κ1) is 21.1. The molecule has 2 amide bonds. The highest BCUT2D eigenvalue weighted by Crippen LogP contribution is 2.22. The van der Waals surface area contributed by atoms with Gasteiger partial charge in [-0.2, -0.15) is 0 Å². The molecule has 4 aromatic rings. The van der Waals surface area contributed by atoms with Gasteiger partial charge in [0.2, 0.25) is 0 Å². The minimum absolute atomic E-state index is 0.0806. The maximum atomic E-state index is 13.5. The molecule has 168 valence electrons. The highest BCUT2D eigenvalue weighted by atomic mass is 19.1. The van der Waals surface area contributed by atoms with Crippen LogP contribution in [0.1, 0.15) is 11.4 Å². The van der Waals surface area contributed by atoms with E-state index in [4.69, 9.17) is 4.98 Å². The van der Waals surface area contributed by atoms with Crippen LogP contribution in [0, 0.1) is 12.7 Å². The van der Waals surface area contributed by atoms with E-state index in [0.29, 0.717) is 19.6 Å². The van der Waals surface area contributed by atoms with E-state index in [9.17, 15) is 9.18 Å². The highest BCUT2D eigenvalue weighted by Gasteiger charge is 2.23. The molecule has 5 rings (SSSR count). The summed E-state index contributed by atoms with van der Waals surface area (Å²) >= 11 is 0. The normalized spacial score (nSPS) is 14.5. The van der Waals surface area contributed by atoms with E-state index >= 15 is 0 Å². The average molecular weight is 445 g/mol. The number of benzene rings is 2. The molecule has 2 aromatic carbocycles. The molecule has 1 N–H and O–H groups in total. The fraction of sp³-hybridized carbons (Fsp3) is 0.240. The molecule has 0 atom stereocenters. The topological polar surface area (TPSA) is 66.3 Å². The number of anilines is 1. The van der Waals surface area contributed by atoms with Crippen LogP contribution in [-0.4, -0.2) is 56.5 Å². The number of hydrogen-bond donors (Lipinski definition) is 1. The zero-order valence-corrected chi connectivity index (χ0v) is 18.4. The molecule has 2 aromatic heterocycles. The van der Waals surface area contributed by atoms with Gasteiger partial charge in [-0.05, 0) is 61.0 Å². The van der Waals surface area contributed by atoms with Crippen LogP contribution >= 0.6 is 0 Å². The number of rotatable bonds is 4. The molecule has 3 heterocycles. The van der Waals surface area contributed by atoms with E-state index in [1.54, 1.807) is 18.3 Å². The zero-order chi connectivity index (χ0) is 22.8. The summed E-state index contributed by atoms with van der Waals surface area (Å²) in [5, 5.41) is 2.98. The summed E-state index contributed by atoms with van der Waals surface area (Å²) in [5.41, 5.74) is 4.28. The second kappa shape index (κ2) is 8.99. The summed E-state index contributed by atoms with van der Waals surface area (Å²) in [7, 11) is 0. The summed E-state index contributed by atoms with van der Waals surface area (Å²) in [6, 6.07) is 17.9. The summed E-state index contributed by atoms with van der Waals surface area (Å²) in [4.78, 5) is 26.1. The Hall–Kier alpha value is -3.78. The number of urea groups is 1. The lowest BCUT2D eigenvalue weighted by atomic mass is 10.2. The van der Waals surface area contributed by atoms with Gasteiger partial charge in [0.15, 0.2) is 5.65 Å². The van der Waals surface area contributed by atoms with Crippen molar-refractivity contribution >= 4 is 22.9 Å². The maximum absolute atomic E-state index is 13.5. The Morgan fingerprint density at radius 2 is 1.82 bits per heavy atom. The van der Waals surface area contributed by atoms with Crippen molar-refractivity contribution in [2.24, 2.45) is 0 Å². The van der Waals surface area contributed by atoms with E-state index in [1.165, 1.54) is 12.1 Å². The Balaban J connectivity index is 1.29. The summed E-state index contributed by atoms with van der Waals surface area (Å²) < 4.78 is 15.5. The first-order valence-corrected chi connectivity index (χ1v) is 11.0. The average Bonchev–Trinajstić information content (AvgIpc) is 3.18. The van der Waals surface area contributed by atoms with Gasteiger partial charge in [0.05, 0.1) is 6.54 Å². The van der Waals surface area contributed by atoms with E-state index in [-0.39, 0.29) is 11.8 Å². The summed E-state index contributed by atoms with van der Waals surface area (Å²) in [6.07, 6.45) is 1.74. The van der Waals surface area contributed by atoms with Crippen LogP contribution < -0.4 is 5.32 Å². The van der Waals surface area contributed by atoms with Crippen molar-refractivity contribution in [2.45, 2.75) is 13.5 Å². The fourth-order valence-electron chi connectivity index (χ4n) is 4.16. The number of halogens is 1. The fourth-order valence-corrected chi connectivity index (χ4v) is 4.16. The van der Waals surface area contributed by atoms with Gasteiger partial charge in [0, 0.05) is 43.8 Å². The van der Waals surface area contributed by atoms with Crippen LogP contribution in [0.5, 0.6) is 0 Å². The number of fused-ring (bicyclic) bond motifs is 1. The smallest absolute Gasteiger partial charge is 0.321 e. The molecule has 1 aliphatic rings. The molecule has 0 saturated carbocycles. The third-order valence-corrected chi connectivity index (χ3v) is 5.86. The van der Waals surface area contributed by atoms with E-state index in [1.807, 2.05) is 52.8 Å². The molecule has 0 unspecified atom stereocenters. The monoisotopic (exact) mass is 444 g/mol. The van der Waals surface area contributed by atoms with Crippen LogP contribution in [0.15, 0.2) is 66.9 Å². The van der Waals surface area contributed by atoms with Gasteiger partial charge in [-0.3, -0.25) is 9.47 Å². The van der Waals surface area contributed by atoms with E-state index in [2.05, 4.69) is 15.2 Å². The predicted molar refractivity (Wildman–Crippen MR) is 126 cm³/mol. The molecule has 33 heavy (non-hydrogen) atoms. The number of imidazole rings is 1. The van der Waals surface area contributed by atoms with Gasteiger partial charge < -0.3 is 10.2 Å². The predicted octanol–water partition coefficient (Wildman–Crippen LogP) is 4.22. The lowest BCUT2D eigenvalue weighted by Crippen LogP contribution is -2.49. The molecular weight excluding hydrogens is 419 g/mol. The number of hydrogen-bond acceptors (Lipinski definition) is 4. The minimum Gasteiger partial charge on any atom is -0.322 e. The van der Waals surface area contributed by atoms with Crippen molar-refractivity contribution in [3.63, 3.8) is 0 Å². The molecule has 1 aliphatic heterocycles. The van der Waals surface area contributed by atoms with Crippen LogP contribution in [0.4, 0.5) is 14.9 Å². The van der Waals surface area contributed by atoms with Gasteiger partial charge in [-0.25, -0.2) is 19.2 Å². The molecule has 7 nitrogen and oxygen atoms in total. The number of nitrogens with one attached hydrogen (secondary N) is 1. The van der Waals surface area contributed by atoms with Crippen molar-refractivity contribution in [1.82, 2.24) is 24.3 Å². The highest BCUT2D eigenvalue weighted by molar-refractivity contribution is 5.89. The van der Waals surface area contributed by atoms with Gasteiger partial charge in [0.1, 0.15) is 17.2 Å². The number of amides is 2. The molecule has 1 fully saturated rings. The first-order valence-electron chi connectivity index (χ1n) is 11.0. The number of aromatic nitrogens is 3. The zero-order valence-electron chi connectivity index (χ0n) is 18.4. The van der Waals surface area contributed by atoms with Crippen molar-refractivity contribution in [1.29, 1.82) is 0 Å². The second-order valence-corrected chi connectivity index (χ2v) is 8.25. The van der Waals surface area contributed by atoms with Gasteiger partial charge in [-0.15, -0.1) is 0 Å². The Bertz CT molecular complexity index is 1280. The number of piperazine rings is 1. The molecule has 1 saturated heterocycles. The lowest BCUT2D eigenvalue weighted by molar-refractivity contribution is 0.140. The Morgan fingerprint density at radius 3 is 2.58 bits per heavy atom. The quantitative estimate of drug-likeness (QED) is 0.512. The van der Waals surface area contributed by atoms with Gasteiger partial charge in [0.25, 0.3) is 0 Å². The molecule has 0 radical (unpaired) electrons. The van der Waals surface area contributed by atoms with Crippen molar-refractivity contribution < 1.29 is 9.18 Å². The molecular formula is C25H25FN6O. The number of nitrogens with zero attached hydrogens (tertiary/aromatic N) is 5. The number of carbonyl (C=O) groups excluding carboxylic acids is 1. The van der Waals surface area contributed by atoms with Crippen LogP contribution in [0.2, 0.25) is 0 Å². The number of pyridine rings is 1. The summed E-state index contributed by atoms with van der Waals surface area (Å²) in [6.45, 7) is 5.35. The second-order valence-electron chi connectivity index (χ2n) is 8.25. The third-order valence-electron chi connectivity index (χ3n) is 5.86. The Kier molecular flexibility index (Phi) is 5.75. The molecule has 8 heteroatoms.